The van der Waals surface area contributed by atoms with Crippen LogP contribution in [-0.2, 0) is 6.54 Å². The summed E-state index contributed by atoms with van der Waals surface area (Å²) in [4.78, 5) is 0. The van der Waals surface area contributed by atoms with E-state index in [4.69, 9.17) is 16.3 Å². The van der Waals surface area contributed by atoms with Crippen LogP contribution in [0.5, 0.6) is 11.5 Å². The molecule has 0 aliphatic carbocycles. The molecule has 0 heterocycles. The molecular formula is C14H12BrClFNO. The first-order chi connectivity index (χ1) is 9.08. The van der Waals surface area contributed by atoms with Crippen LogP contribution < -0.4 is 10.1 Å². The third-order valence-corrected chi connectivity index (χ3v) is 3.15. The first-order valence-corrected chi connectivity index (χ1v) is 6.82. The standard InChI is InChI=1S/C14H12BrClFNO/c1-18-8-9-2-3-11(16)6-14(9)19-13-5-10(15)4-12(17)7-13/h2-7,18H,8H2,1H3. The van der Waals surface area contributed by atoms with Gasteiger partial charge in [-0.05, 0) is 31.3 Å². The third-order valence-electron chi connectivity index (χ3n) is 2.46. The van der Waals surface area contributed by atoms with Gasteiger partial charge in [-0.3, -0.25) is 0 Å². The maximum absolute atomic E-state index is 13.3. The van der Waals surface area contributed by atoms with Gasteiger partial charge in [-0.25, -0.2) is 4.39 Å². The van der Waals surface area contributed by atoms with Gasteiger partial charge < -0.3 is 10.1 Å². The van der Waals surface area contributed by atoms with E-state index >= 15 is 0 Å². The summed E-state index contributed by atoms with van der Waals surface area (Å²) in [6.07, 6.45) is 0. The van der Waals surface area contributed by atoms with Crippen LogP contribution in [0.1, 0.15) is 5.56 Å². The number of hydrogen-bond acceptors (Lipinski definition) is 2. The molecule has 2 rings (SSSR count). The Morgan fingerprint density at radius 2 is 2.05 bits per heavy atom. The molecule has 0 unspecified atom stereocenters. The van der Waals surface area contributed by atoms with Crippen molar-refractivity contribution in [2.24, 2.45) is 0 Å². The summed E-state index contributed by atoms with van der Waals surface area (Å²) in [5.74, 6) is 0.674. The van der Waals surface area contributed by atoms with Gasteiger partial charge >= 0.3 is 0 Å². The SMILES string of the molecule is CNCc1ccc(Cl)cc1Oc1cc(F)cc(Br)c1. The normalized spacial score (nSPS) is 10.5. The van der Waals surface area contributed by atoms with Crippen LogP contribution in [0.3, 0.4) is 0 Å². The van der Waals surface area contributed by atoms with Crippen molar-refractivity contribution in [2.45, 2.75) is 6.54 Å². The highest BCUT2D eigenvalue weighted by atomic mass is 79.9. The number of hydrogen-bond donors (Lipinski definition) is 1. The quantitative estimate of drug-likeness (QED) is 0.864. The third kappa shape index (κ3) is 3.93. The Bertz CT molecular complexity index is 571. The second-order valence-electron chi connectivity index (χ2n) is 3.99. The van der Waals surface area contributed by atoms with Gasteiger partial charge in [-0.15, -0.1) is 0 Å². The molecule has 2 aromatic carbocycles. The molecule has 0 saturated heterocycles. The van der Waals surface area contributed by atoms with E-state index in [2.05, 4.69) is 21.2 Å². The topological polar surface area (TPSA) is 21.3 Å². The van der Waals surface area contributed by atoms with Crippen LogP contribution in [0.2, 0.25) is 5.02 Å². The molecule has 2 aromatic rings. The Morgan fingerprint density at radius 1 is 1.26 bits per heavy atom. The minimum absolute atomic E-state index is 0.360. The molecule has 0 fully saturated rings. The molecule has 0 spiro atoms. The monoisotopic (exact) mass is 343 g/mol. The van der Waals surface area contributed by atoms with Gasteiger partial charge in [0.05, 0.1) is 0 Å². The van der Waals surface area contributed by atoms with Crippen LogP contribution in [0.15, 0.2) is 40.9 Å². The molecule has 19 heavy (non-hydrogen) atoms. The fraction of sp³-hybridized carbons (Fsp3) is 0.143. The Hall–Kier alpha value is -1.10. The maximum atomic E-state index is 13.3. The van der Waals surface area contributed by atoms with Crippen LogP contribution in [-0.4, -0.2) is 7.05 Å². The molecule has 0 radical (unpaired) electrons. The molecule has 0 saturated carbocycles. The largest absolute Gasteiger partial charge is 0.457 e. The average molecular weight is 345 g/mol. The van der Waals surface area contributed by atoms with E-state index in [0.717, 1.165) is 5.56 Å². The van der Waals surface area contributed by atoms with Gasteiger partial charge in [-0.1, -0.05) is 33.6 Å². The predicted molar refractivity (Wildman–Crippen MR) is 78.4 cm³/mol. The molecule has 0 aliphatic heterocycles. The van der Waals surface area contributed by atoms with E-state index in [0.29, 0.717) is 27.5 Å². The fourth-order valence-electron chi connectivity index (χ4n) is 1.67. The molecule has 5 heteroatoms. The van der Waals surface area contributed by atoms with Gasteiger partial charge in [0.2, 0.25) is 0 Å². The lowest BCUT2D eigenvalue weighted by Gasteiger charge is -2.12. The summed E-state index contributed by atoms with van der Waals surface area (Å²) in [5.41, 5.74) is 0.951. The molecule has 0 amide bonds. The molecule has 0 aromatic heterocycles. The first-order valence-electron chi connectivity index (χ1n) is 5.65. The van der Waals surface area contributed by atoms with Gasteiger partial charge in [0, 0.05) is 27.7 Å². The molecule has 1 N–H and O–H groups in total. The van der Waals surface area contributed by atoms with E-state index in [-0.39, 0.29) is 5.82 Å². The van der Waals surface area contributed by atoms with E-state index in [1.807, 2.05) is 13.1 Å². The van der Waals surface area contributed by atoms with Crippen LogP contribution in [0, 0.1) is 5.82 Å². The maximum Gasteiger partial charge on any atom is 0.133 e. The smallest absolute Gasteiger partial charge is 0.133 e. The minimum atomic E-state index is -0.360. The molecule has 100 valence electrons. The molecule has 0 atom stereocenters. The fourth-order valence-corrected chi connectivity index (χ4v) is 2.28. The van der Waals surface area contributed by atoms with Gasteiger partial charge in [0.1, 0.15) is 17.3 Å². The Kier molecular flexibility index (Phi) is 4.80. The highest BCUT2D eigenvalue weighted by Gasteiger charge is 2.07. The summed E-state index contributed by atoms with van der Waals surface area (Å²) >= 11 is 9.19. The Balaban J connectivity index is 2.33. The summed E-state index contributed by atoms with van der Waals surface area (Å²) in [6.45, 7) is 0.642. The van der Waals surface area contributed by atoms with Gasteiger partial charge in [-0.2, -0.15) is 0 Å². The average Bonchev–Trinajstić information content (AvgIpc) is 2.31. The lowest BCUT2D eigenvalue weighted by molar-refractivity contribution is 0.468. The van der Waals surface area contributed by atoms with Crippen molar-refractivity contribution in [3.63, 3.8) is 0 Å². The number of nitrogens with one attached hydrogen (secondary N) is 1. The number of halogens is 3. The zero-order valence-corrected chi connectivity index (χ0v) is 12.6. The molecular weight excluding hydrogens is 333 g/mol. The molecule has 0 aliphatic rings. The van der Waals surface area contributed by atoms with E-state index < -0.39 is 0 Å². The highest BCUT2D eigenvalue weighted by Crippen LogP contribution is 2.30. The molecule has 0 bridgehead atoms. The first kappa shape index (κ1) is 14.3. The summed E-state index contributed by atoms with van der Waals surface area (Å²) in [6, 6.07) is 9.79. The van der Waals surface area contributed by atoms with E-state index in [1.165, 1.54) is 12.1 Å². The number of benzene rings is 2. The zero-order chi connectivity index (χ0) is 13.8. The Morgan fingerprint density at radius 3 is 2.74 bits per heavy atom. The van der Waals surface area contributed by atoms with Crippen LogP contribution >= 0.6 is 27.5 Å². The van der Waals surface area contributed by atoms with E-state index in [1.54, 1.807) is 18.2 Å². The van der Waals surface area contributed by atoms with Crippen LogP contribution in [0.25, 0.3) is 0 Å². The summed E-state index contributed by atoms with van der Waals surface area (Å²) in [7, 11) is 1.84. The predicted octanol–water partition coefficient (Wildman–Crippen LogP) is 4.75. The second kappa shape index (κ2) is 6.37. The Labute approximate surface area is 124 Å². The molecule has 2 nitrogen and oxygen atoms in total. The second-order valence-corrected chi connectivity index (χ2v) is 5.34. The van der Waals surface area contributed by atoms with Crippen molar-refractivity contribution >= 4 is 27.5 Å². The number of ether oxygens (including phenoxy) is 1. The zero-order valence-electron chi connectivity index (χ0n) is 10.2. The lowest BCUT2D eigenvalue weighted by Crippen LogP contribution is -2.06. The summed E-state index contributed by atoms with van der Waals surface area (Å²) in [5, 5.41) is 3.62. The number of rotatable bonds is 4. The summed E-state index contributed by atoms with van der Waals surface area (Å²) < 4.78 is 19.6. The highest BCUT2D eigenvalue weighted by molar-refractivity contribution is 9.10. The van der Waals surface area contributed by atoms with Gasteiger partial charge in [0.15, 0.2) is 0 Å². The van der Waals surface area contributed by atoms with E-state index in [9.17, 15) is 4.39 Å². The minimum Gasteiger partial charge on any atom is -0.457 e. The van der Waals surface area contributed by atoms with Crippen molar-refractivity contribution in [3.05, 3.63) is 57.3 Å². The van der Waals surface area contributed by atoms with Gasteiger partial charge in [0.25, 0.3) is 0 Å². The van der Waals surface area contributed by atoms with Crippen molar-refractivity contribution in [2.75, 3.05) is 7.05 Å². The van der Waals surface area contributed by atoms with Crippen molar-refractivity contribution in [1.29, 1.82) is 0 Å². The van der Waals surface area contributed by atoms with Crippen molar-refractivity contribution in [1.82, 2.24) is 5.32 Å². The lowest BCUT2D eigenvalue weighted by atomic mass is 10.2. The van der Waals surface area contributed by atoms with Crippen LogP contribution in [0.4, 0.5) is 4.39 Å². The van der Waals surface area contributed by atoms with Crippen molar-refractivity contribution in [3.8, 4) is 11.5 Å². The van der Waals surface area contributed by atoms with Crippen molar-refractivity contribution < 1.29 is 9.13 Å².